The third-order valence-corrected chi connectivity index (χ3v) is 4.15. The fourth-order valence-electron chi connectivity index (χ4n) is 3.23. The Kier molecular flexibility index (Phi) is 1.45. The highest BCUT2D eigenvalue weighted by Gasteiger charge is 2.72. The van der Waals surface area contributed by atoms with Crippen molar-refractivity contribution < 1.29 is 9.90 Å². The Morgan fingerprint density at radius 3 is 2.20 bits per heavy atom. The van der Waals surface area contributed by atoms with Crippen LogP contribution < -0.4 is 0 Å². The number of hydrogen-bond donors (Lipinski definition) is 1. The lowest BCUT2D eigenvalue weighted by atomic mass is 9.33. The van der Waals surface area contributed by atoms with E-state index in [1.165, 1.54) is 11.1 Å². The van der Waals surface area contributed by atoms with E-state index in [-0.39, 0.29) is 10.8 Å². The van der Waals surface area contributed by atoms with Crippen molar-refractivity contribution >= 4 is 5.97 Å². The van der Waals surface area contributed by atoms with Gasteiger partial charge in [-0.2, -0.15) is 0 Å². The summed E-state index contributed by atoms with van der Waals surface area (Å²) < 4.78 is 0. The fraction of sp³-hybridized carbons (Fsp3) is 0.462. The first-order valence-electron chi connectivity index (χ1n) is 5.37. The molecule has 3 fully saturated rings. The molecule has 3 aliphatic carbocycles. The number of aryl methyl sites for hydroxylation is 1. The monoisotopic (exact) mass is 202 g/mol. The third kappa shape index (κ3) is 0.969. The molecule has 2 nitrogen and oxygen atoms in total. The van der Waals surface area contributed by atoms with Gasteiger partial charge in [-0.15, -0.1) is 0 Å². The van der Waals surface area contributed by atoms with Crippen molar-refractivity contribution in [1.29, 1.82) is 0 Å². The minimum atomic E-state index is -0.600. The van der Waals surface area contributed by atoms with E-state index in [0.717, 1.165) is 19.3 Å². The van der Waals surface area contributed by atoms with Crippen LogP contribution in [0, 0.1) is 12.3 Å². The molecule has 2 bridgehead atoms. The number of carboxylic acid groups (broad SMARTS) is 1. The molecule has 0 saturated heterocycles. The Hall–Kier alpha value is -1.31. The smallest absolute Gasteiger partial charge is 0.309 e. The van der Waals surface area contributed by atoms with Gasteiger partial charge in [-0.3, -0.25) is 4.79 Å². The summed E-state index contributed by atoms with van der Waals surface area (Å²) in [5, 5.41) is 9.04. The predicted molar refractivity (Wildman–Crippen MR) is 56.8 cm³/mol. The van der Waals surface area contributed by atoms with E-state index in [9.17, 15) is 4.79 Å². The molecule has 1 aromatic carbocycles. The van der Waals surface area contributed by atoms with E-state index in [2.05, 4.69) is 31.2 Å². The average Bonchev–Trinajstić information content (AvgIpc) is 2.02. The maximum Gasteiger partial charge on any atom is 0.309 e. The van der Waals surface area contributed by atoms with Crippen LogP contribution in [0.1, 0.15) is 30.4 Å². The number of carbonyl (C=O) groups is 1. The van der Waals surface area contributed by atoms with Gasteiger partial charge in [0.15, 0.2) is 0 Å². The summed E-state index contributed by atoms with van der Waals surface area (Å²) in [6.07, 6.45) is 2.54. The quantitative estimate of drug-likeness (QED) is 0.800. The van der Waals surface area contributed by atoms with E-state index in [4.69, 9.17) is 5.11 Å². The lowest BCUT2D eigenvalue weighted by Crippen LogP contribution is -2.67. The van der Waals surface area contributed by atoms with Crippen molar-refractivity contribution in [3.63, 3.8) is 0 Å². The molecule has 1 aromatic rings. The third-order valence-electron chi connectivity index (χ3n) is 4.15. The molecular formula is C13H14O2. The van der Waals surface area contributed by atoms with Crippen molar-refractivity contribution in [1.82, 2.24) is 0 Å². The molecule has 3 aliphatic rings. The molecule has 0 aromatic heterocycles. The lowest BCUT2D eigenvalue weighted by molar-refractivity contribution is -0.194. The molecule has 0 heterocycles. The SMILES string of the molecule is Cc1ccc(C23CC(C(=O)O)(C2)C3)cc1. The summed E-state index contributed by atoms with van der Waals surface area (Å²) >= 11 is 0. The molecule has 3 saturated carbocycles. The second-order valence-electron chi connectivity index (χ2n) is 5.26. The molecule has 0 radical (unpaired) electrons. The van der Waals surface area contributed by atoms with Crippen molar-refractivity contribution in [3.05, 3.63) is 35.4 Å². The molecule has 2 heteroatoms. The number of rotatable bonds is 2. The molecular weight excluding hydrogens is 188 g/mol. The zero-order chi connectivity index (χ0) is 10.7. The van der Waals surface area contributed by atoms with Gasteiger partial charge in [0.2, 0.25) is 0 Å². The van der Waals surface area contributed by atoms with Crippen molar-refractivity contribution in [2.45, 2.75) is 31.6 Å². The first-order chi connectivity index (χ1) is 7.06. The van der Waals surface area contributed by atoms with Gasteiger partial charge in [0.25, 0.3) is 0 Å². The first kappa shape index (κ1) is 8.96. The Labute approximate surface area is 88.9 Å². The zero-order valence-electron chi connectivity index (χ0n) is 8.79. The van der Waals surface area contributed by atoms with E-state index in [1.807, 2.05) is 0 Å². The standard InChI is InChI=1S/C13H14O2/c1-9-2-4-10(5-3-9)12-6-13(7-12,8-12)11(14)15/h2-5H,6-8H2,1H3,(H,14,15). The molecule has 15 heavy (non-hydrogen) atoms. The normalized spacial score (nSPS) is 36.6. The van der Waals surface area contributed by atoms with Crippen LogP contribution in [0.4, 0.5) is 0 Å². The molecule has 4 rings (SSSR count). The summed E-state index contributed by atoms with van der Waals surface area (Å²) in [6, 6.07) is 8.53. The molecule has 1 N–H and O–H groups in total. The molecule has 0 unspecified atom stereocenters. The van der Waals surface area contributed by atoms with Crippen LogP contribution in [-0.4, -0.2) is 11.1 Å². The van der Waals surface area contributed by atoms with Crippen molar-refractivity contribution in [2.24, 2.45) is 5.41 Å². The summed E-state index contributed by atoms with van der Waals surface area (Å²) in [6.45, 7) is 2.07. The Balaban J connectivity index is 1.84. The van der Waals surface area contributed by atoms with E-state index in [0.29, 0.717) is 0 Å². The van der Waals surface area contributed by atoms with Crippen molar-refractivity contribution in [3.8, 4) is 0 Å². The summed E-state index contributed by atoms with van der Waals surface area (Å²) in [4.78, 5) is 11.0. The number of carboxylic acids is 1. The van der Waals surface area contributed by atoms with Gasteiger partial charge in [-0.1, -0.05) is 29.8 Å². The maximum atomic E-state index is 11.0. The van der Waals surface area contributed by atoms with Gasteiger partial charge >= 0.3 is 5.97 Å². The minimum Gasteiger partial charge on any atom is -0.481 e. The number of aliphatic carboxylic acids is 1. The van der Waals surface area contributed by atoms with Gasteiger partial charge in [-0.25, -0.2) is 0 Å². The average molecular weight is 202 g/mol. The highest BCUT2D eigenvalue weighted by molar-refractivity contribution is 5.80. The highest BCUT2D eigenvalue weighted by atomic mass is 16.4. The molecule has 0 aliphatic heterocycles. The van der Waals surface area contributed by atoms with Crippen LogP contribution in [0.2, 0.25) is 0 Å². The fourth-order valence-corrected chi connectivity index (χ4v) is 3.23. The van der Waals surface area contributed by atoms with Crippen LogP contribution in [0.3, 0.4) is 0 Å². The Bertz CT molecular complexity index is 411. The second kappa shape index (κ2) is 2.43. The lowest BCUT2D eigenvalue weighted by Gasteiger charge is -2.68. The predicted octanol–water partition coefficient (Wildman–Crippen LogP) is 2.50. The van der Waals surface area contributed by atoms with Crippen LogP contribution in [0.5, 0.6) is 0 Å². The number of benzene rings is 1. The number of hydrogen-bond acceptors (Lipinski definition) is 1. The van der Waals surface area contributed by atoms with Crippen LogP contribution in [-0.2, 0) is 10.2 Å². The molecule has 78 valence electrons. The van der Waals surface area contributed by atoms with Crippen LogP contribution in [0.15, 0.2) is 24.3 Å². The van der Waals surface area contributed by atoms with Gasteiger partial charge in [-0.05, 0) is 37.2 Å². The minimum absolute atomic E-state index is 0.214. The van der Waals surface area contributed by atoms with E-state index in [1.54, 1.807) is 0 Å². The largest absolute Gasteiger partial charge is 0.481 e. The van der Waals surface area contributed by atoms with E-state index < -0.39 is 5.97 Å². The summed E-state index contributed by atoms with van der Waals surface area (Å²) in [5.41, 5.74) is 2.45. The molecule has 0 atom stereocenters. The molecule has 0 spiro atoms. The summed E-state index contributed by atoms with van der Waals surface area (Å²) in [7, 11) is 0. The topological polar surface area (TPSA) is 37.3 Å². The molecule has 0 amide bonds. The van der Waals surface area contributed by atoms with Gasteiger partial charge in [0, 0.05) is 0 Å². The Morgan fingerprint density at radius 2 is 1.73 bits per heavy atom. The highest BCUT2D eigenvalue weighted by Crippen LogP contribution is 2.73. The van der Waals surface area contributed by atoms with Crippen LogP contribution >= 0.6 is 0 Å². The van der Waals surface area contributed by atoms with E-state index >= 15 is 0 Å². The van der Waals surface area contributed by atoms with Gasteiger partial charge < -0.3 is 5.11 Å². The first-order valence-corrected chi connectivity index (χ1v) is 5.37. The van der Waals surface area contributed by atoms with Crippen molar-refractivity contribution in [2.75, 3.05) is 0 Å². The second-order valence-corrected chi connectivity index (χ2v) is 5.26. The Morgan fingerprint density at radius 1 is 1.20 bits per heavy atom. The van der Waals surface area contributed by atoms with Gasteiger partial charge in [0.1, 0.15) is 0 Å². The summed E-state index contributed by atoms with van der Waals surface area (Å²) in [5.74, 6) is -0.600. The zero-order valence-corrected chi connectivity index (χ0v) is 8.79. The maximum absolute atomic E-state index is 11.0. The van der Waals surface area contributed by atoms with Gasteiger partial charge in [0.05, 0.1) is 5.41 Å². The van der Waals surface area contributed by atoms with Crippen LogP contribution in [0.25, 0.3) is 0 Å².